The zero-order valence-electron chi connectivity index (χ0n) is 30.5. The van der Waals surface area contributed by atoms with Crippen molar-refractivity contribution in [3.05, 3.63) is 151 Å². The summed E-state index contributed by atoms with van der Waals surface area (Å²) in [5.41, 5.74) is 10.9. The fourth-order valence-corrected chi connectivity index (χ4v) is 5.41. The van der Waals surface area contributed by atoms with Crippen LogP contribution < -0.4 is 0 Å². The Bertz CT molecular complexity index is 2040. The molecule has 0 bridgehead atoms. The lowest BCUT2D eigenvalue weighted by Crippen LogP contribution is -1.93. The molecule has 0 unspecified atom stereocenters. The molecule has 0 aliphatic heterocycles. The minimum atomic E-state index is 0.575. The third kappa shape index (κ3) is 8.85. The van der Waals surface area contributed by atoms with E-state index in [9.17, 15) is 0 Å². The second-order valence-electron chi connectivity index (χ2n) is 13.8. The van der Waals surface area contributed by atoms with Crippen molar-refractivity contribution in [2.75, 3.05) is 0 Å². The lowest BCUT2D eigenvalue weighted by molar-refractivity contribution is 0.851. The first kappa shape index (κ1) is 35.1. The third-order valence-corrected chi connectivity index (χ3v) is 8.75. The number of hydrogen-bond acceptors (Lipinski definition) is 3. The van der Waals surface area contributed by atoms with Gasteiger partial charge in [0.25, 0.3) is 0 Å². The van der Waals surface area contributed by atoms with E-state index in [2.05, 4.69) is 187 Å². The highest BCUT2D eigenvalue weighted by Gasteiger charge is 2.03. The Kier molecular flexibility index (Phi) is 11.3. The van der Waals surface area contributed by atoms with E-state index in [-0.39, 0.29) is 0 Å². The molecule has 8 rings (SSSR count). The Hall–Kier alpha value is -5.17. The Morgan fingerprint density at radius 2 is 0.898 bits per heavy atom. The van der Waals surface area contributed by atoms with Crippen molar-refractivity contribution in [2.45, 2.75) is 86.0 Å². The fourth-order valence-electron chi connectivity index (χ4n) is 5.41. The van der Waals surface area contributed by atoms with E-state index in [1.165, 1.54) is 33.5 Å². The normalized spacial score (nSPS) is 11.3. The maximum Gasteiger partial charge on any atom is 0.136 e. The zero-order valence-corrected chi connectivity index (χ0v) is 30.5. The molecule has 7 nitrogen and oxygen atoms in total. The van der Waals surface area contributed by atoms with Gasteiger partial charge >= 0.3 is 0 Å². The van der Waals surface area contributed by atoms with Crippen LogP contribution in [0.5, 0.6) is 0 Å². The van der Waals surface area contributed by atoms with Crippen LogP contribution in [0, 0.1) is 6.92 Å². The van der Waals surface area contributed by atoms with Crippen molar-refractivity contribution in [2.24, 2.45) is 0 Å². The molecule has 0 radical (unpaired) electrons. The average Bonchev–Trinajstić information content (AvgIpc) is 3.91. The van der Waals surface area contributed by atoms with Gasteiger partial charge in [0.05, 0.1) is 0 Å². The number of aryl methyl sites for hydroxylation is 1. The molecule has 0 N–H and O–H groups in total. The highest BCUT2D eigenvalue weighted by molar-refractivity contribution is 5.48. The van der Waals surface area contributed by atoms with Gasteiger partial charge in [0.2, 0.25) is 0 Å². The first-order chi connectivity index (χ1) is 23.5. The summed E-state index contributed by atoms with van der Waals surface area (Å²) >= 11 is 0. The lowest BCUT2D eigenvalue weighted by Gasteiger charge is -2.05. The molecule has 8 heterocycles. The Morgan fingerprint density at radius 3 is 1.41 bits per heavy atom. The van der Waals surface area contributed by atoms with Crippen LogP contribution in [-0.2, 0) is 0 Å². The van der Waals surface area contributed by atoms with Crippen LogP contribution in [0.15, 0.2) is 123 Å². The van der Waals surface area contributed by atoms with Crippen LogP contribution in [-0.4, -0.2) is 32.6 Å². The lowest BCUT2D eigenvalue weighted by atomic mass is 10.1. The molecule has 7 heteroatoms. The molecule has 0 fully saturated rings. The van der Waals surface area contributed by atoms with Gasteiger partial charge in [0, 0.05) is 73.2 Å². The molecule has 0 atom stereocenters. The molecule has 0 aromatic carbocycles. The van der Waals surface area contributed by atoms with Crippen LogP contribution in [0.25, 0.3) is 22.5 Å². The second kappa shape index (κ2) is 15.8. The molecule has 0 aliphatic carbocycles. The number of hydrogen-bond donors (Lipinski definition) is 0. The van der Waals surface area contributed by atoms with E-state index >= 15 is 0 Å². The largest absolute Gasteiger partial charge is 0.324 e. The van der Waals surface area contributed by atoms with Gasteiger partial charge < -0.3 is 17.6 Å². The molecule has 8 aromatic rings. The number of pyridine rings is 4. The summed E-state index contributed by atoms with van der Waals surface area (Å²) in [6.45, 7) is 19.7. The number of fused-ring (bicyclic) bond motifs is 4. The van der Waals surface area contributed by atoms with Crippen molar-refractivity contribution < 1.29 is 0 Å². The summed E-state index contributed by atoms with van der Waals surface area (Å²) in [7, 11) is 0. The predicted molar refractivity (Wildman–Crippen MR) is 204 cm³/mol. The maximum absolute atomic E-state index is 4.28. The Labute approximate surface area is 290 Å². The van der Waals surface area contributed by atoms with Gasteiger partial charge in [-0.1, -0.05) is 79.7 Å². The van der Waals surface area contributed by atoms with E-state index in [0.717, 1.165) is 16.9 Å². The number of nitrogens with zero attached hydrogens (tertiary/aromatic N) is 7. The monoisotopic (exact) mass is 653 g/mol. The molecule has 254 valence electrons. The first-order valence-electron chi connectivity index (χ1n) is 17.4. The standard InChI is InChI=1S/C11H14N2.C11H13N.2C10H12N2/c1-8(2)10-4-5-11-12-6-9(3)13(11)7-10;1-9(2)10-5-6-11-4-3-7-12(11)8-10;2*1-8(2)9-3-4-10-11-5-6-12(10)7-9/h4-8H,1-3H3;3-9H,1-2H3;2*3-8H,1-2H3. The summed E-state index contributed by atoms with van der Waals surface area (Å²) in [5.74, 6) is 2.34. The number of aromatic nitrogens is 7. The summed E-state index contributed by atoms with van der Waals surface area (Å²) < 4.78 is 8.40. The van der Waals surface area contributed by atoms with Gasteiger partial charge in [-0.25, -0.2) is 15.0 Å². The van der Waals surface area contributed by atoms with Crippen molar-refractivity contribution in [3.8, 4) is 0 Å². The number of rotatable bonds is 4. The summed E-state index contributed by atoms with van der Waals surface area (Å²) in [4.78, 5) is 12.6. The molecule has 0 spiro atoms. The molecule has 0 amide bonds. The minimum Gasteiger partial charge on any atom is -0.324 e. The van der Waals surface area contributed by atoms with Crippen LogP contribution in [0.3, 0.4) is 0 Å². The van der Waals surface area contributed by atoms with E-state index in [4.69, 9.17) is 0 Å². The zero-order chi connectivity index (χ0) is 35.1. The van der Waals surface area contributed by atoms with Gasteiger partial charge in [0.1, 0.15) is 16.9 Å². The Balaban J connectivity index is 0.000000127. The Morgan fingerprint density at radius 1 is 0.449 bits per heavy atom. The van der Waals surface area contributed by atoms with Gasteiger partial charge in [-0.15, -0.1) is 0 Å². The van der Waals surface area contributed by atoms with Crippen molar-refractivity contribution in [3.63, 3.8) is 0 Å². The highest BCUT2D eigenvalue weighted by atomic mass is 15.0. The van der Waals surface area contributed by atoms with Crippen molar-refractivity contribution >= 4 is 22.5 Å². The van der Waals surface area contributed by atoms with E-state index in [1.54, 1.807) is 0 Å². The summed E-state index contributed by atoms with van der Waals surface area (Å²) in [6.07, 6.45) is 20.2. The third-order valence-electron chi connectivity index (χ3n) is 8.75. The van der Waals surface area contributed by atoms with Gasteiger partial charge in [0.15, 0.2) is 0 Å². The molecular weight excluding hydrogens is 603 g/mol. The quantitative estimate of drug-likeness (QED) is 0.190. The second-order valence-corrected chi connectivity index (χ2v) is 13.8. The predicted octanol–water partition coefficient (Wildman–Crippen LogP) is 10.7. The van der Waals surface area contributed by atoms with Gasteiger partial charge in [-0.05, 0) is 89.2 Å². The SMILES string of the molecule is CC(C)c1ccc2cccn2c1.CC(C)c1ccc2nccn2c1.CC(C)c1ccc2nccn2c1.Cc1cnc2ccc(C(C)C)cn12. The smallest absolute Gasteiger partial charge is 0.136 e. The van der Waals surface area contributed by atoms with Crippen molar-refractivity contribution in [1.29, 1.82) is 0 Å². The molecule has 49 heavy (non-hydrogen) atoms. The topological polar surface area (TPSA) is 56.3 Å². The van der Waals surface area contributed by atoms with Crippen LogP contribution >= 0.6 is 0 Å². The summed E-state index contributed by atoms with van der Waals surface area (Å²) in [5, 5.41) is 0. The number of imidazole rings is 3. The molecule has 8 aromatic heterocycles. The molecule has 0 saturated heterocycles. The van der Waals surface area contributed by atoms with E-state index in [1.807, 2.05) is 31.0 Å². The molecule has 0 aliphatic rings. The van der Waals surface area contributed by atoms with E-state index in [0.29, 0.717) is 23.7 Å². The maximum atomic E-state index is 4.28. The summed E-state index contributed by atoms with van der Waals surface area (Å²) in [6, 6.07) is 21.1. The fraction of sp³-hybridized carbons (Fsp3) is 0.310. The minimum absolute atomic E-state index is 0.575. The van der Waals surface area contributed by atoms with Crippen LogP contribution in [0.4, 0.5) is 0 Å². The van der Waals surface area contributed by atoms with Crippen LogP contribution in [0.2, 0.25) is 0 Å². The van der Waals surface area contributed by atoms with Crippen molar-refractivity contribution in [1.82, 2.24) is 32.6 Å². The van der Waals surface area contributed by atoms with Gasteiger partial charge in [-0.2, -0.15) is 0 Å². The molecule has 0 saturated carbocycles. The average molecular weight is 654 g/mol. The van der Waals surface area contributed by atoms with Gasteiger partial charge in [-0.3, -0.25) is 0 Å². The highest BCUT2D eigenvalue weighted by Crippen LogP contribution is 2.18. The first-order valence-corrected chi connectivity index (χ1v) is 17.4. The van der Waals surface area contributed by atoms with E-state index < -0.39 is 0 Å². The molecular formula is C42H51N7. The van der Waals surface area contributed by atoms with Crippen LogP contribution in [0.1, 0.15) is 107 Å².